The van der Waals surface area contributed by atoms with Gasteiger partial charge < -0.3 is 0 Å². The van der Waals surface area contributed by atoms with Gasteiger partial charge in [0.25, 0.3) is 0 Å². The molecule has 0 aromatic heterocycles. The minimum Gasteiger partial charge on any atom is -0.233 e. The summed E-state index contributed by atoms with van der Waals surface area (Å²) in [4.78, 5) is 0.205. The zero-order valence-electron chi connectivity index (χ0n) is 12.0. The number of nitriles is 1. The molecule has 1 rings (SSSR count). The Morgan fingerprint density at radius 1 is 1.16 bits per heavy atom. The van der Waals surface area contributed by atoms with Crippen LogP contribution in [0.15, 0.2) is 29.2 Å². The van der Waals surface area contributed by atoms with Crippen molar-refractivity contribution < 1.29 is 8.42 Å². The summed E-state index contributed by atoms with van der Waals surface area (Å²) in [6.45, 7) is 10.1. The number of rotatable bonds is 3. The summed E-state index contributed by atoms with van der Waals surface area (Å²) < 4.78 is 27.5. The van der Waals surface area contributed by atoms with Crippen LogP contribution in [-0.4, -0.2) is 16.7 Å². The lowest BCUT2D eigenvalue weighted by molar-refractivity contribution is 0.589. The van der Waals surface area contributed by atoms with Crippen LogP contribution >= 0.6 is 0 Å². The van der Waals surface area contributed by atoms with Gasteiger partial charge in [-0.05, 0) is 29.3 Å². The van der Waals surface area contributed by atoms with Gasteiger partial charge in [-0.15, -0.1) is 0 Å². The molecule has 0 unspecified atom stereocenters. The van der Waals surface area contributed by atoms with Gasteiger partial charge in [0.1, 0.15) is 8.24 Å². The second-order valence-electron chi connectivity index (χ2n) is 6.12. The van der Waals surface area contributed by atoms with Crippen molar-refractivity contribution >= 4 is 18.3 Å². The number of nitrogens with one attached hydrogen (secondary N) is 1. The molecule has 1 aromatic carbocycles. The van der Waals surface area contributed by atoms with E-state index in [0.29, 0.717) is 5.56 Å². The maximum absolute atomic E-state index is 12.3. The van der Waals surface area contributed by atoms with Gasteiger partial charge in [-0.3, -0.25) is 0 Å². The van der Waals surface area contributed by atoms with Crippen molar-refractivity contribution in [2.45, 2.75) is 43.8 Å². The molecule has 1 N–H and O–H groups in total. The van der Waals surface area contributed by atoms with Gasteiger partial charge in [-0.25, -0.2) is 12.8 Å². The van der Waals surface area contributed by atoms with Crippen LogP contribution in [0, 0.1) is 11.3 Å². The molecule has 0 heterocycles. The van der Waals surface area contributed by atoms with E-state index in [-0.39, 0.29) is 9.93 Å². The molecule has 0 aliphatic carbocycles. The van der Waals surface area contributed by atoms with Gasteiger partial charge in [0.05, 0.1) is 16.5 Å². The van der Waals surface area contributed by atoms with Crippen molar-refractivity contribution in [2.24, 2.45) is 0 Å². The van der Waals surface area contributed by atoms with Crippen LogP contribution in [0.5, 0.6) is 0 Å². The summed E-state index contributed by atoms with van der Waals surface area (Å²) in [5.74, 6) is 0. The quantitative estimate of drug-likeness (QED) is 0.872. The van der Waals surface area contributed by atoms with Crippen molar-refractivity contribution in [3.05, 3.63) is 29.8 Å². The Balaban J connectivity index is 3.09. The molecule has 0 bridgehead atoms. The predicted octanol–water partition coefficient (Wildman–Crippen LogP) is 2.84. The lowest BCUT2D eigenvalue weighted by Crippen LogP contribution is -2.54. The first-order chi connectivity index (χ1) is 8.49. The molecule has 19 heavy (non-hydrogen) atoms. The highest BCUT2D eigenvalue weighted by atomic mass is 32.2. The zero-order valence-corrected chi connectivity index (χ0v) is 13.8. The maximum Gasteiger partial charge on any atom is 0.234 e. The maximum atomic E-state index is 12.3. The monoisotopic (exact) mass is 296 g/mol. The molecule has 1 aromatic rings. The summed E-state index contributed by atoms with van der Waals surface area (Å²) in [5.41, 5.74) is 0.450. The molecule has 0 spiro atoms. The highest BCUT2D eigenvalue weighted by Gasteiger charge is 2.39. The molecule has 4 nitrogen and oxygen atoms in total. The first-order valence-corrected chi connectivity index (χ1v) is 10.5. The summed E-state index contributed by atoms with van der Waals surface area (Å²) in [6, 6.07) is 7.93. The van der Waals surface area contributed by atoms with Gasteiger partial charge in [0.15, 0.2) is 0 Å². The Morgan fingerprint density at radius 2 is 1.63 bits per heavy atom. The van der Waals surface area contributed by atoms with Crippen LogP contribution in [0.1, 0.15) is 26.3 Å². The first-order valence-electron chi connectivity index (χ1n) is 6.04. The molecule has 0 aliphatic rings. The minimum atomic E-state index is -3.52. The zero-order chi connectivity index (χ0) is 14.9. The van der Waals surface area contributed by atoms with E-state index in [1.54, 1.807) is 0 Å². The molecule has 0 saturated heterocycles. The van der Waals surface area contributed by atoms with E-state index in [1.807, 2.05) is 39.9 Å². The Morgan fingerprint density at radius 3 is 2.00 bits per heavy atom. The second-order valence-corrected chi connectivity index (χ2v) is 13.2. The van der Waals surface area contributed by atoms with E-state index in [2.05, 4.69) is 4.39 Å². The molecule has 104 valence electrons. The molecule has 0 atom stereocenters. The highest BCUT2D eigenvalue weighted by Crippen LogP contribution is 2.34. The minimum absolute atomic E-state index is 0.0767. The van der Waals surface area contributed by atoms with Crippen LogP contribution in [0.2, 0.25) is 18.1 Å². The van der Waals surface area contributed by atoms with Crippen molar-refractivity contribution in [1.29, 1.82) is 5.26 Å². The highest BCUT2D eigenvalue weighted by molar-refractivity contribution is 7.91. The van der Waals surface area contributed by atoms with Crippen LogP contribution in [0.4, 0.5) is 0 Å². The van der Waals surface area contributed by atoms with Crippen LogP contribution in [-0.2, 0) is 10.0 Å². The molecule has 0 radical (unpaired) electrons. The predicted molar refractivity (Wildman–Crippen MR) is 78.7 cm³/mol. The van der Waals surface area contributed by atoms with Crippen LogP contribution in [0.25, 0.3) is 0 Å². The molecule has 6 heteroatoms. The van der Waals surface area contributed by atoms with Crippen molar-refractivity contribution in [3.63, 3.8) is 0 Å². The Labute approximate surface area is 116 Å². The average molecular weight is 296 g/mol. The summed E-state index contributed by atoms with van der Waals surface area (Å²) >= 11 is 0. The van der Waals surface area contributed by atoms with E-state index in [9.17, 15) is 8.42 Å². The summed E-state index contributed by atoms with van der Waals surface area (Å²) in [7, 11) is -5.67. The Bertz CT molecular complexity index is 593. The molecule has 0 saturated carbocycles. The van der Waals surface area contributed by atoms with Crippen LogP contribution < -0.4 is 4.39 Å². The molecule has 0 aliphatic heterocycles. The molecular formula is C13H20N2O2SSi. The Kier molecular flexibility index (Phi) is 4.25. The largest absolute Gasteiger partial charge is 0.234 e. The summed E-state index contributed by atoms with van der Waals surface area (Å²) in [5, 5.41) is 8.64. The third-order valence-corrected chi connectivity index (χ3v) is 11.3. The van der Waals surface area contributed by atoms with Crippen molar-refractivity contribution in [1.82, 2.24) is 4.39 Å². The van der Waals surface area contributed by atoms with Gasteiger partial charge in [0.2, 0.25) is 10.0 Å². The second kappa shape index (κ2) is 5.08. The molecule has 0 amide bonds. The van der Waals surface area contributed by atoms with Gasteiger partial charge >= 0.3 is 0 Å². The van der Waals surface area contributed by atoms with E-state index in [1.165, 1.54) is 24.3 Å². The third-order valence-electron chi connectivity index (χ3n) is 3.56. The third kappa shape index (κ3) is 3.66. The topological polar surface area (TPSA) is 70.0 Å². The van der Waals surface area contributed by atoms with Gasteiger partial charge in [0, 0.05) is 0 Å². The van der Waals surface area contributed by atoms with E-state index < -0.39 is 18.3 Å². The van der Waals surface area contributed by atoms with Gasteiger partial charge in [-0.1, -0.05) is 33.9 Å². The SMILES string of the molecule is CC(C)(C)[Si](C)(C)NS(=O)(=O)c1ccc(C#N)cc1. The standard InChI is InChI=1S/C13H20N2O2SSi/c1-13(2,3)19(4,5)15-18(16,17)12-8-6-11(10-14)7-9-12/h6-9,15H,1-5H3. The normalized spacial score (nSPS) is 13.1. The van der Waals surface area contributed by atoms with Crippen molar-refractivity contribution in [3.8, 4) is 6.07 Å². The number of sulfonamides is 1. The number of benzene rings is 1. The van der Waals surface area contributed by atoms with Crippen molar-refractivity contribution in [2.75, 3.05) is 0 Å². The first kappa shape index (κ1) is 15.9. The molecular weight excluding hydrogens is 276 g/mol. The Hall–Kier alpha value is -1.16. The van der Waals surface area contributed by atoms with Crippen LogP contribution in [0.3, 0.4) is 0 Å². The van der Waals surface area contributed by atoms with E-state index >= 15 is 0 Å². The average Bonchev–Trinajstić information content (AvgIpc) is 2.26. The number of hydrogen-bond donors (Lipinski definition) is 1. The van der Waals surface area contributed by atoms with E-state index in [4.69, 9.17) is 5.26 Å². The summed E-state index contributed by atoms with van der Waals surface area (Å²) in [6.07, 6.45) is 0. The number of nitrogens with zero attached hydrogens (tertiary/aromatic N) is 1. The van der Waals surface area contributed by atoms with E-state index in [0.717, 1.165) is 0 Å². The lowest BCUT2D eigenvalue weighted by atomic mass is 10.2. The fourth-order valence-electron chi connectivity index (χ4n) is 1.26. The van der Waals surface area contributed by atoms with Gasteiger partial charge in [-0.2, -0.15) is 5.26 Å². The molecule has 0 fully saturated rings. The number of hydrogen-bond acceptors (Lipinski definition) is 3. The fourth-order valence-corrected chi connectivity index (χ4v) is 6.13. The smallest absolute Gasteiger partial charge is 0.233 e. The lowest BCUT2D eigenvalue weighted by Gasteiger charge is -2.36. The fraction of sp³-hybridized carbons (Fsp3) is 0.462.